The number of benzene rings is 3. The van der Waals surface area contributed by atoms with E-state index in [0.29, 0.717) is 18.8 Å². The molecule has 3 N–H and O–H groups in total. The number of fused-ring (bicyclic) bond motifs is 3. The Labute approximate surface area is 204 Å². The first-order valence-electron chi connectivity index (χ1n) is 12.0. The van der Waals surface area contributed by atoms with Crippen LogP contribution in [-0.4, -0.2) is 61.9 Å². The van der Waals surface area contributed by atoms with E-state index in [1.807, 2.05) is 36.4 Å². The summed E-state index contributed by atoms with van der Waals surface area (Å²) in [7, 11) is 0. The summed E-state index contributed by atoms with van der Waals surface area (Å²) in [5.41, 5.74) is 6.24. The van der Waals surface area contributed by atoms with Crippen LogP contribution < -0.4 is 10.2 Å². The number of nitrogens with one attached hydrogen (secondary N) is 1. The van der Waals surface area contributed by atoms with Crippen LogP contribution in [0.3, 0.4) is 0 Å². The normalized spacial score (nSPS) is 16.8. The zero-order valence-electron chi connectivity index (χ0n) is 19.5. The second kappa shape index (κ2) is 10.5. The lowest BCUT2D eigenvalue weighted by Gasteiger charge is -2.29. The maximum atomic E-state index is 12.4. The fourth-order valence-electron chi connectivity index (χ4n) is 4.87. The van der Waals surface area contributed by atoms with E-state index in [0.717, 1.165) is 41.0 Å². The van der Waals surface area contributed by atoms with Gasteiger partial charge in [0.05, 0.1) is 13.2 Å². The van der Waals surface area contributed by atoms with Gasteiger partial charge in [-0.1, -0.05) is 60.7 Å². The number of nitrogens with zero attached hydrogens (tertiary/aromatic N) is 1. The number of aliphatic hydroxyl groups is 2. The molecular formula is C28H30N2O5. The van der Waals surface area contributed by atoms with Gasteiger partial charge < -0.3 is 29.9 Å². The number of carbonyl (C=O) groups excluding carboxylic acids is 1. The van der Waals surface area contributed by atoms with Gasteiger partial charge in [-0.25, -0.2) is 4.79 Å². The molecule has 3 aromatic carbocycles. The van der Waals surface area contributed by atoms with Gasteiger partial charge in [-0.15, -0.1) is 0 Å². The summed E-state index contributed by atoms with van der Waals surface area (Å²) in [6.07, 6.45) is -2.91. The number of morpholine rings is 1. The highest BCUT2D eigenvalue weighted by atomic mass is 16.5. The van der Waals surface area contributed by atoms with Crippen molar-refractivity contribution in [3.05, 3.63) is 89.5 Å². The molecule has 2 unspecified atom stereocenters. The Morgan fingerprint density at radius 2 is 1.54 bits per heavy atom. The van der Waals surface area contributed by atoms with Gasteiger partial charge in [0.25, 0.3) is 0 Å². The Bertz CT molecular complexity index is 1110. The molecule has 0 saturated carbocycles. The first kappa shape index (κ1) is 23.4. The van der Waals surface area contributed by atoms with Crippen molar-refractivity contribution in [1.29, 1.82) is 0 Å². The van der Waals surface area contributed by atoms with E-state index >= 15 is 0 Å². The Morgan fingerprint density at radius 3 is 2.17 bits per heavy atom. The molecule has 7 nitrogen and oxygen atoms in total. The summed E-state index contributed by atoms with van der Waals surface area (Å²) in [4.78, 5) is 14.6. The molecule has 1 saturated heterocycles. The summed E-state index contributed by atoms with van der Waals surface area (Å²) in [5, 5.41) is 23.6. The van der Waals surface area contributed by atoms with Crippen molar-refractivity contribution in [2.24, 2.45) is 0 Å². The molecule has 1 fully saturated rings. The second-order valence-electron chi connectivity index (χ2n) is 8.91. The smallest absolute Gasteiger partial charge is 0.407 e. The van der Waals surface area contributed by atoms with Crippen molar-refractivity contribution in [2.45, 2.75) is 18.1 Å². The molecule has 0 bridgehead atoms. The van der Waals surface area contributed by atoms with E-state index in [-0.39, 0.29) is 19.1 Å². The minimum absolute atomic E-state index is 0.0337. The van der Waals surface area contributed by atoms with Gasteiger partial charge in [-0.3, -0.25) is 0 Å². The number of anilines is 1. The van der Waals surface area contributed by atoms with Crippen LogP contribution in [0.1, 0.15) is 28.7 Å². The molecule has 1 heterocycles. The van der Waals surface area contributed by atoms with Crippen molar-refractivity contribution >= 4 is 11.8 Å². The van der Waals surface area contributed by atoms with E-state index < -0.39 is 18.3 Å². The van der Waals surface area contributed by atoms with Crippen LogP contribution in [0.5, 0.6) is 0 Å². The standard InChI is InChI=1S/C28H30N2O5/c31-26(27(32)19-9-11-20(12-10-19)30-13-15-34-16-14-30)17-29-28(33)35-18-25-23-7-3-1-5-21(23)22-6-2-4-8-24(22)25/h1-12,25-27,31-32H,13-18H2,(H,29,33). The molecule has 182 valence electrons. The molecule has 0 spiro atoms. The highest BCUT2D eigenvalue weighted by molar-refractivity contribution is 5.79. The molecule has 0 radical (unpaired) electrons. The first-order valence-corrected chi connectivity index (χ1v) is 12.0. The third-order valence-electron chi connectivity index (χ3n) is 6.77. The van der Waals surface area contributed by atoms with E-state index in [1.54, 1.807) is 12.1 Å². The van der Waals surface area contributed by atoms with Gasteiger partial charge in [0.1, 0.15) is 18.8 Å². The highest BCUT2D eigenvalue weighted by Gasteiger charge is 2.29. The Balaban J connectivity index is 1.13. The van der Waals surface area contributed by atoms with Crippen molar-refractivity contribution in [3.8, 4) is 11.1 Å². The van der Waals surface area contributed by atoms with Gasteiger partial charge in [0.15, 0.2) is 0 Å². The van der Waals surface area contributed by atoms with Gasteiger partial charge in [-0.2, -0.15) is 0 Å². The predicted molar refractivity (Wildman–Crippen MR) is 134 cm³/mol. The average molecular weight is 475 g/mol. The van der Waals surface area contributed by atoms with Crippen LogP contribution in [-0.2, 0) is 9.47 Å². The molecule has 1 aliphatic carbocycles. The summed E-state index contributed by atoms with van der Waals surface area (Å²) in [6, 6.07) is 23.7. The number of amides is 1. The van der Waals surface area contributed by atoms with E-state index in [9.17, 15) is 15.0 Å². The molecule has 2 aliphatic rings. The second-order valence-corrected chi connectivity index (χ2v) is 8.91. The van der Waals surface area contributed by atoms with E-state index in [4.69, 9.17) is 9.47 Å². The maximum absolute atomic E-state index is 12.4. The highest BCUT2D eigenvalue weighted by Crippen LogP contribution is 2.44. The number of aliphatic hydroxyl groups excluding tert-OH is 2. The first-order chi connectivity index (χ1) is 17.1. The average Bonchev–Trinajstić information content (AvgIpc) is 3.24. The number of alkyl carbamates (subject to hydrolysis) is 1. The molecule has 2 atom stereocenters. The van der Waals surface area contributed by atoms with Gasteiger partial charge in [0, 0.05) is 31.2 Å². The SMILES string of the molecule is O=C(NCC(O)C(O)c1ccc(N2CCOCC2)cc1)OCC1c2ccccc2-c2ccccc21. The van der Waals surface area contributed by atoms with Crippen molar-refractivity contribution in [3.63, 3.8) is 0 Å². The van der Waals surface area contributed by atoms with Gasteiger partial charge in [-0.05, 0) is 39.9 Å². The zero-order valence-corrected chi connectivity index (χ0v) is 19.5. The third kappa shape index (κ3) is 5.03. The van der Waals surface area contributed by atoms with Crippen LogP contribution in [0, 0.1) is 0 Å². The van der Waals surface area contributed by atoms with Crippen molar-refractivity contribution < 1.29 is 24.5 Å². The molecule has 1 aliphatic heterocycles. The zero-order chi connectivity index (χ0) is 24.2. The molecule has 1 amide bonds. The lowest BCUT2D eigenvalue weighted by Crippen LogP contribution is -2.36. The van der Waals surface area contributed by atoms with Gasteiger partial charge >= 0.3 is 6.09 Å². The third-order valence-corrected chi connectivity index (χ3v) is 6.77. The van der Waals surface area contributed by atoms with Crippen LogP contribution in [0.25, 0.3) is 11.1 Å². The summed E-state index contributed by atoms with van der Waals surface area (Å²) in [5.74, 6) is -0.0337. The van der Waals surface area contributed by atoms with Crippen LogP contribution in [0.4, 0.5) is 10.5 Å². The molecule has 0 aromatic heterocycles. The Morgan fingerprint density at radius 1 is 0.943 bits per heavy atom. The number of hydrogen-bond acceptors (Lipinski definition) is 6. The summed E-state index contributed by atoms with van der Waals surface area (Å²) >= 11 is 0. The van der Waals surface area contributed by atoms with Crippen molar-refractivity contribution in [1.82, 2.24) is 5.32 Å². The van der Waals surface area contributed by atoms with Crippen LogP contribution in [0.2, 0.25) is 0 Å². The molecule has 7 heteroatoms. The minimum atomic E-state index is -1.16. The lowest BCUT2D eigenvalue weighted by molar-refractivity contribution is 0.0185. The fraction of sp³-hybridized carbons (Fsp3) is 0.321. The molecule has 35 heavy (non-hydrogen) atoms. The summed E-state index contributed by atoms with van der Waals surface area (Å²) < 4.78 is 10.9. The Hall–Kier alpha value is -3.39. The monoisotopic (exact) mass is 474 g/mol. The number of hydrogen-bond donors (Lipinski definition) is 3. The fourth-order valence-corrected chi connectivity index (χ4v) is 4.87. The Kier molecular flexibility index (Phi) is 6.99. The predicted octanol–water partition coefficient (Wildman–Crippen LogP) is 3.46. The van der Waals surface area contributed by atoms with Crippen LogP contribution >= 0.6 is 0 Å². The van der Waals surface area contributed by atoms with E-state index in [1.165, 1.54) is 0 Å². The van der Waals surface area contributed by atoms with Gasteiger partial charge in [0.2, 0.25) is 0 Å². The minimum Gasteiger partial charge on any atom is -0.449 e. The van der Waals surface area contributed by atoms with Crippen molar-refractivity contribution in [2.75, 3.05) is 44.4 Å². The molecule has 3 aromatic rings. The van der Waals surface area contributed by atoms with E-state index in [2.05, 4.69) is 34.5 Å². The maximum Gasteiger partial charge on any atom is 0.407 e. The number of rotatable bonds is 7. The topological polar surface area (TPSA) is 91.3 Å². The van der Waals surface area contributed by atoms with Crippen LogP contribution in [0.15, 0.2) is 72.8 Å². The summed E-state index contributed by atoms with van der Waals surface area (Å²) in [6.45, 7) is 3.13. The molecule has 5 rings (SSSR count). The lowest BCUT2D eigenvalue weighted by atomic mass is 9.98. The molecular weight excluding hydrogens is 444 g/mol. The number of ether oxygens (including phenoxy) is 2. The quantitative estimate of drug-likeness (QED) is 0.486. The largest absolute Gasteiger partial charge is 0.449 e. The number of carbonyl (C=O) groups is 1.